The Labute approximate surface area is 147 Å². The Kier molecular flexibility index (Phi) is 8.70. The van der Waals surface area contributed by atoms with E-state index >= 15 is 0 Å². The van der Waals surface area contributed by atoms with Gasteiger partial charge in [-0.3, -0.25) is 9.98 Å². The number of hydrogen-bond acceptors (Lipinski definition) is 2. The summed E-state index contributed by atoms with van der Waals surface area (Å²) in [7, 11) is 0. The fraction of sp³-hybridized carbons (Fsp3) is 0.364. The van der Waals surface area contributed by atoms with E-state index in [0.717, 1.165) is 24.2 Å². The summed E-state index contributed by atoms with van der Waals surface area (Å²) in [5.41, 5.74) is 7.47. The molecule has 0 aliphatic carbocycles. The van der Waals surface area contributed by atoms with Crippen LogP contribution in [-0.2, 0) is 12.8 Å². The van der Waals surface area contributed by atoms with E-state index in [1.54, 1.807) is 0 Å². The van der Waals surface area contributed by atoms with Crippen LogP contribution in [0.2, 0.25) is 0 Å². The summed E-state index contributed by atoms with van der Waals surface area (Å²) in [5.74, 6) is 0. The molecule has 0 unspecified atom stereocenters. The largest absolute Gasteiger partial charge is 0.257 e. The minimum atomic E-state index is 1.04. The van der Waals surface area contributed by atoms with Gasteiger partial charge in [0.15, 0.2) is 0 Å². The standard InChI is InChI=1S/2C9H9N.2C2H6/c2*1-7-6-8-4-2-3-5-9(8)10-7;2*1-2/h2*2-5H,6H2,1H3;2*1-2H3. The van der Waals surface area contributed by atoms with Gasteiger partial charge >= 0.3 is 0 Å². The van der Waals surface area contributed by atoms with Gasteiger partial charge in [-0.15, -0.1) is 0 Å². The van der Waals surface area contributed by atoms with E-state index in [1.165, 1.54) is 22.6 Å². The number of aliphatic imine (C=N–C) groups is 2. The van der Waals surface area contributed by atoms with Crippen molar-refractivity contribution in [3.8, 4) is 0 Å². The molecule has 0 bridgehead atoms. The first-order chi connectivity index (χ1) is 11.7. The van der Waals surface area contributed by atoms with Crippen molar-refractivity contribution >= 4 is 22.8 Å². The van der Waals surface area contributed by atoms with E-state index in [1.807, 2.05) is 39.8 Å². The van der Waals surface area contributed by atoms with Crippen molar-refractivity contribution in [3.05, 3.63) is 59.7 Å². The first-order valence-corrected chi connectivity index (χ1v) is 8.96. The Hall–Kier alpha value is -2.22. The van der Waals surface area contributed by atoms with Crippen LogP contribution >= 0.6 is 0 Å². The van der Waals surface area contributed by atoms with Crippen LogP contribution < -0.4 is 0 Å². The molecule has 0 amide bonds. The quantitative estimate of drug-likeness (QED) is 0.514. The van der Waals surface area contributed by atoms with Crippen molar-refractivity contribution in [1.82, 2.24) is 0 Å². The van der Waals surface area contributed by atoms with E-state index in [2.05, 4.69) is 60.2 Å². The molecule has 2 aliphatic rings. The molecule has 2 heteroatoms. The van der Waals surface area contributed by atoms with Crippen LogP contribution in [0, 0.1) is 0 Å². The van der Waals surface area contributed by atoms with E-state index in [-0.39, 0.29) is 0 Å². The molecule has 0 spiro atoms. The molecular weight excluding hydrogens is 292 g/mol. The summed E-state index contributed by atoms with van der Waals surface area (Å²) in [5, 5.41) is 0. The summed E-state index contributed by atoms with van der Waals surface area (Å²) < 4.78 is 0. The van der Waals surface area contributed by atoms with Crippen molar-refractivity contribution in [2.75, 3.05) is 0 Å². The molecule has 4 rings (SSSR count). The van der Waals surface area contributed by atoms with Crippen LogP contribution in [-0.4, -0.2) is 11.4 Å². The minimum absolute atomic E-state index is 1.04. The normalized spacial score (nSPS) is 12.8. The summed E-state index contributed by atoms with van der Waals surface area (Å²) in [6, 6.07) is 16.6. The molecule has 0 radical (unpaired) electrons. The molecule has 2 aromatic carbocycles. The van der Waals surface area contributed by atoms with Gasteiger partial charge in [-0.2, -0.15) is 0 Å². The molecule has 24 heavy (non-hydrogen) atoms. The molecule has 0 saturated carbocycles. The molecular formula is C22H30N2. The highest BCUT2D eigenvalue weighted by molar-refractivity contribution is 5.92. The van der Waals surface area contributed by atoms with Gasteiger partial charge in [0.05, 0.1) is 11.4 Å². The molecule has 128 valence electrons. The maximum absolute atomic E-state index is 4.37. The highest BCUT2D eigenvalue weighted by Gasteiger charge is 2.09. The van der Waals surface area contributed by atoms with Crippen LogP contribution in [0.3, 0.4) is 0 Å². The summed E-state index contributed by atoms with van der Waals surface area (Å²) >= 11 is 0. The third-order valence-electron chi connectivity index (χ3n) is 3.50. The summed E-state index contributed by atoms with van der Waals surface area (Å²) in [4.78, 5) is 8.74. The second-order valence-electron chi connectivity index (χ2n) is 5.31. The number of fused-ring (bicyclic) bond motifs is 2. The zero-order valence-electron chi connectivity index (χ0n) is 15.9. The first kappa shape index (κ1) is 19.8. The molecule has 2 heterocycles. The Morgan fingerprint density at radius 3 is 1.25 bits per heavy atom. The first-order valence-electron chi connectivity index (χ1n) is 8.96. The zero-order valence-corrected chi connectivity index (χ0v) is 15.9. The number of nitrogens with zero attached hydrogens (tertiary/aromatic N) is 2. The predicted octanol–water partition coefficient (Wildman–Crippen LogP) is 6.72. The average Bonchev–Trinajstić information content (AvgIpc) is 3.19. The second kappa shape index (κ2) is 10.5. The Balaban J connectivity index is 0.000000199. The van der Waals surface area contributed by atoms with Crippen molar-refractivity contribution in [2.45, 2.75) is 54.4 Å². The lowest BCUT2D eigenvalue weighted by atomic mass is 10.1. The van der Waals surface area contributed by atoms with Crippen molar-refractivity contribution < 1.29 is 0 Å². The number of rotatable bonds is 0. The van der Waals surface area contributed by atoms with E-state index in [4.69, 9.17) is 0 Å². The summed E-state index contributed by atoms with van der Waals surface area (Å²) in [6.07, 6.45) is 2.08. The highest BCUT2D eigenvalue weighted by atomic mass is 14.8. The minimum Gasteiger partial charge on any atom is -0.257 e. The predicted molar refractivity (Wildman–Crippen MR) is 109 cm³/mol. The molecule has 0 atom stereocenters. The molecule has 2 aliphatic heterocycles. The average molecular weight is 322 g/mol. The smallest absolute Gasteiger partial charge is 0.0664 e. The van der Waals surface area contributed by atoms with Gasteiger partial charge in [0, 0.05) is 24.3 Å². The van der Waals surface area contributed by atoms with Crippen LogP contribution in [0.1, 0.15) is 52.7 Å². The SMILES string of the molecule is CC.CC.CC1=Nc2ccccc2C1.CC1=Nc2ccccc2C1. The molecule has 0 saturated heterocycles. The van der Waals surface area contributed by atoms with Gasteiger partial charge in [-0.05, 0) is 37.1 Å². The van der Waals surface area contributed by atoms with Crippen molar-refractivity contribution in [3.63, 3.8) is 0 Å². The van der Waals surface area contributed by atoms with Crippen LogP contribution in [0.25, 0.3) is 0 Å². The van der Waals surface area contributed by atoms with Gasteiger partial charge in [0.1, 0.15) is 0 Å². The number of benzene rings is 2. The molecule has 2 nitrogen and oxygen atoms in total. The maximum Gasteiger partial charge on any atom is 0.0664 e. The third-order valence-corrected chi connectivity index (χ3v) is 3.50. The van der Waals surface area contributed by atoms with Gasteiger partial charge in [-0.25, -0.2) is 0 Å². The van der Waals surface area contributed by atoms with Crippen LogP contribution in [0.15, 0.2) is 58.5 Å². The fourth-order valence-corrected chi connectivity index (χ4v) is 2.58. The lowest BCUT2D eigenvalue weighted by molar-refractivity contribution is 1.38. The topological polar surface area (TPSA) is 24.7 Å². The van der Waals surface area contributed by atoms with E-state index in [9.17, 15) is 0 Å². The van der Waals surface area contributed by atoms with E-state index in [0.29, 0.717) is 0 Å². The fourth-order valence-electron chi connectivity index (χ4n) is 2.58. The van der Waals surface area contributed by atoms with Gasteiger partial charge in [0.2, 0.25) is 0 Å². The van der Waals surface area contributed by atoms with Gasteiger partial charge in [-0.1, -0.05) is 64.1 Å². The van der Waals surface area contributed by atoms with Crippen LogP contribution in [0.5, 0.6) is 0 Å². The lowest BCUT2D eigenvalue weighted by Gasteiger charge is -1.91. The number of para-hydroxylation sites is 2. The van der Waals surface area contributed by atoms with Gasteiger partial charge < -0.3 is 0 Å². The van der Waals surface area contributed by atoms with Gasteiger partial charge in [0.25, 0.3) is 0 Å². The Bertz CT molecular complexity index is 635. The van der Waals surface area contributed by atoms with Crippen molar-refractivity contribution in [1.29, 1.82) is 0 Å². The number of hydrogen-bond donors (Lipinski definition) is 0. The third kappa shape index (κ3) is 5.45. The lowest BCUT2D eigenvalue weighted by Crippen LogP contribution is -1.87. The Morgan fingerprint density at radius 2 is 0.917 bits per heavy atom. The Morgan fingerprint density at radius 1 is 0.583 bits per heavy atom. The van der Waals surface area contributed by atoms with Crippen molar-refractivity contribution in [2.24, 2.45) is 9.98 Å². The molecule has 0 fully saturated rings. The van der Waals surface area contributed by atoms with Crippen LogP contribution in [0.4, 0.5) is 11.4 Å². The zero-order chi connectivity index (χ0) is 17.9. The monoisotopic (exact) mass is 322 g/mol. The second-order valence-corrected chi connectivity index (χ2v) is 5.31. The molecule has 0 N–H and O–H groups in total. The maximum atomic E-state index is 4.37. The molecule has 2 aromatic rings. The summed E-state index contributed by atoms with van der Waals surface area (Å²) in [6.45, 7) is 12.1. The van der Waals surface area contributed by atoms with E-state index < -0.39 is 0 Å². The highest BCUT2D eigenvalue weighted by Crippen LogP contribution is 2.26. The molecule has 0 aromatic heterocycles.